The lowest BCUT2D eigenvalue weighted by Crippen LogP contribution is -2.11. The predicted molar refractivity (Wildman–Crippen MR) is 78.8 cm³/mol. The first-order chi connectivity index (χ1) is 9.25. The summed E-state index contributed by atoms with van der Waals surface area (Å²) in [5.41, 5.74) is 2.55. The molecule has 0 atom stereocenters. The molecule has 0 aliphatic carbocycles. The Labute approximate surface area is 114 Å². The highest BCUT2D eigenvalue weighted by atomic mass is 32.1. The largest absolute Gasteiger partial charge is 0.319 e. The van der Waals surface area contributed by atoms with Crippen molar-refractivity contribution in [2.45, 2.75) is 6.92 Å². The number of carbonyl (C=O) groups is 1. The molecule has 3 aromatic rings. The Kier molecular flexibility index (Phi) is 3.01. The number of aryl methyl sites for hydroxylation is 1. The molecule has 19 heavy (non-hydrogen) atoms. The van der Waals surface area contributed by atoms with Crippen LogP contribution in [-0.4, -0.2) is 10.9 Å². The highest BCUT2D eigenvalue weighted by Crippen LogP contribution is 2.23. The third-order valence-electron chi connectivity index (χ3n) is 2.95. The Morgan fingerprint density at radius 3 is 2.84 bits per heavy atom. The number of thiophene rings is 1. The quantitative estimate of drug-likeness (QED) is 0.767. The maximum Gasteiger partial charge on any atom is 0.266 e. The van der Waals surface area contributed by atoms with E-state index in [2.05, 4.69) is 10.3 Å². The molecule has 2 heterocycles. The first-order valence-corrected chi connectivity index (χ1v) is 6.83. The Balaban J connectivity index is 1.98. The van der Waals surface area contributed by atoms with Gasteiger partial charge in [0.25, 0.3) is 5.91 Å². The molecule has 0 spiro atoms. The Morgan fingerprint density at radius 2 is 2.05 bits per heavy atom. The summed E-state index contributed by atoms with van der Waals surface area (Å²) in [6.07, 6.45) is 1.73. The molecule has 1 aromatic carbocycles. The van der Waals surface area contributed by atoms with E-state index in [1.807, 2.05) is 48.7 Å². The van der Waals surface area contributed by atoms with Crippen LogP contribution in [0.4, 0.5) is 5.69 Å². The van der Waals surface area contributed by atoms with E-state index >= 15 is 0 Å². The predicted octanol–water partition coefficient (Wildman–Crippen LogP) is 3.86. The minimum absolute atomic E-state index is 0.0781. The smallest absolute Gasteiger partial charge is 0.266 e. The summed E-state index contributed by atoms with van der Waals surface area (Å²) in [6.45, 7) is 1.94. The van der Waals surface area contributed by atoms with Gasteiger partial charge in [0.05, 0.1) is 16.1 Å². The van der Waals surface area contributed by atoms with Crippen molar-refractivity contribution in [2.24, 2.45) is 0 Å². The molecule has 0 saturated heterocycles. The van der Waals surface area contributed by atoms with Gasteiger partial charge >= 0.3 is 0 Å². The Morgan fingerprint density at radius 1 is 1.21 bits per heavy atom. The summed E-state index contributed by atoms with van der Waals surface area (Å²) in [7, 11) is 0. The van der Waals surface area contributed by atoms with Crippen molar-refractivity contribution in [3.63, 3.8) is 0 Å². The van der Waals surface area contributed by atoms with E-state index in [0.29, 0.717) is 0 Å². The summed E-state index contributed by atoms with van der Waals surface area (Å²) in [5, 5.41) is 5.88. The molecule has 3 rings (SSSR count). The topological polar surface area (TPSA) is 42.0 Å². The number of nitrogens with one attached hydrogen (secondary N) is 1. The summed E-state index contributed by atoms with van der Waals surface area (Å²) >= 11 is 1.45. The third kappa shape index (κ3) is 2.22. The molecule has 0 radical (unpaired) electrons. The summed E-state index contributed by atoms with van der Waals surface area (Å²) in [5.74, 6) is -0.0781. The van der Waals surface area contributed by atoms with Gasteiger partial charge in [-0.25, -0.2) is 0 Å². The minimum Gasteiger partial charge on any atom is -0.319 e. The van der Waals surface area contributed by atoms with Crippen LogP contribution in [0.15, 0.2) is 48.0 Å². The van der Waals surface area contributed by atoms with Crippen molar-refractivity contribution >= 4 is 33.8 Å². The van der Waals surface area contributed by atoms with Crippen LogP contribution in [0.2, 0.25) is 0 Å². The average molecular weight is 268 g/mol. The molecule has 4 heteroatoms. The van der Waals surface area contributed by atoms with Crippen molar-refractivity contribution in [1.82, 2.24) is 4.98 Å². The lowest BCUT2D eigenvalue weighted by atomic mass is 10.2. The number of rotatable bonds is 2. The van der Waals surface area contributed by atoms with Gasteiger partial charge in [-0.1, -0.05) is 18.2 Å². The molecule has 1 amide bonds. The number of carbonyl (C=O) groups excluding carboxylic acids is 1. The summed E-state index contributed by atoms with van der Waals surface area (Å²) in [4.78, 5) is 17.3. The molecule has 3 nitrogen and oxygen atoms in total. The van der Waals surface area contributed by atoms with Gasteiger partial charge in [-0.3, -0.25) is 9.78 Å². The van der Waals surface area contributed by atoms with Crippen molar-refractivity contribution < 1.29 is 4.79 Å². The number of anilines is 1. The van der Waals surface area contributed by atoms with Crippen LogP contribution < -0.4 is 5.32 Å². The fourth-order valence-electron chi connectivity index (χ4n) is 1.99. The van der Waals surface area contributed by atoms with Gasteiger partial charge in [0.2, 0.25) is 0 Å². The van der Waals surface area contributed by atoms with Gasteiger partial charge < -0.3 is 5.32 Å². The summed E-state index contributed by atoms with van der Waals surface area (Å²) in [6, 6.07) is 11.6. The number of nitrogens with zero attached hydrogens (tertiary/aromatic N) is 1. The van der Waals surface area contributed by atoms with Crippen LogP contribution in [0.3, 0.4) is 0 Å². The van der Waals surface area contributed by atoms with Crippen molar-refractivity contribution in [1.29, 1.82) is 0 Å². The second-order valence-corrected chi connectivity index (χ2v) is 5.18. The number of pyridine rings is 1. The SMILES string of the molecule is Cc1ccsc1C(=O)Nc1cccc2cccnc12. The molecule has 0 aliphatic rings. The van der Waals surface area contributed by atoms with E-state index in [1.165, 1.54) is 11.3 Å². The van der Waals surface area contributed by atoms with Gasteiger partial charge in [-0.15, -0.1) is 11.3 Å². The first kappa shape index (κ1) is 11.9. The number of para-hydroxylation sites is 1. The molecule has 0 bridgehead atoms. The van der Waals surface area contributed by atoms with Gasteiger partial charge in [0.15, 0.2) is 0 Å². The van der Waals surface area contributed by atoms with Crippen LogP contribution in [-0.2, 0) is 0 Å². The number of aromatic nitrogens is 1. The lowest BCUT2D eigenvalue weighted by molar-refractivity contribution is 0.103. The first-order valence-electron chi connectivity index (χ1n) is 5.95. The molecular weight excluding hydrogens is 256 g/mol. The zero-order valence-electron chi connectivity index (χ0n) is 10.4. The van der Waals surface area contributed by atoms with Crippen LogP contribution in [0.1, 0.15) is 15.2 Å². The van der Waals surface area contributed by atoms with Gasteiger partial charge in [-0.05, 0) is 36.1 Å². The van der Waals surface area contributed by atoms with Crippen LogP contribution in [0.5, 0.6) is 0 Å². The second kappa shape index (κ2) is 4.82. The highest BCUT2D eigenvalue weighted by Gasteiger charge is 2.12. The number of benzene rings is 1. The normalized spacial score (nSPS) is 10.6. The number of fused-ring (bicyclic) bond motifs is 1. The second-order valence-electron chi connectivity index (χ2n) is 4.27. The van der Waals surface area contributed by atoms with Crippen molar-refractivity contribution in [2.75, 3.05) is 5.32 Å². The molecule has 0 saturated carbocycles. The molecule has 0 aliphatic heterocycles. The fraction of sp³-hybridized carbons (Fsp3) is 0.0667. The van der Waals surface area contributed by atoms with E-state index in [1.54, 1.807) is 6.20 Å². The molecular formula is C15H12N2OS. The van der Waals surface area contributed by atoms with Gasteiger partial charge in [-0.2, -0.15) is 0 Å². The van der Waals surface area contributed by atoms with E-state index in [4.69, 9.17) is 0 Å². The standard InChI is InChI=1S/C15H12N2OS/c1-10-7-9-19-14(10)15(18)17-12-6-2-4-11-5-3-8-16-13(11)12/h2-9H,1H3,(H,17,18). The van der Waals surface area contributed by atoms with E-state index in [0.717, 1.165) is 27.0 Å². The highest BCUT2D eigenvalue weighted by molar-refractivity contribution is 7.12. The molecule has 0 fully saturated rings. The fourth-order valence-corrected chi connectivity index (χ4v) is 2.81. The van der Waals surface area contributed by atoms with Crippen molar-refractivity contribution in [3.05, 3.63) is 58.4 Å². The molecule has 0 unspecified atom stereocenters. The van der Waals surface area contributed by atoms with Gasteiger partial charge in [0, 0.05) is 11.6 Å². The van der Waals surface area contributed by atoms with E-state index in [9.17, 15) is 4.79 Å². The van der Waals surface area contributed by atoms with E-state index in [-0.39, 0.29) is 5.91 Å². The van der Waals surface area contributed by atoms with Crippen LogP contribution in [0, 0.1) is 6.92 Å². The van der Waals surface area contributed by atoms with E-state index < -0.39 is 0 Å². The monoisotopic (exact) mass is 268 g/mol. The molecule has 2 aromatic heterocycles. The van der Waals surface area contributed by atoms with Gasteiger partial charge in [0.1, 0.15) is 0 Å². The number of amides is 1. The Hall–Kier alpha value is -2.20. The van der Waals surface area contributed by atoms with Crippen molar-refractivity contribution in [3.8, 4) is 0 Å². The lowest BCUT2D eigenvalue weighted by Gasteiger charge is -2.07. The number of hydrogen-bond acceptors (Lipinski definition) is 3. The minimum atomic E-state index is -0.0781. The molecule has 1 N–H and O–H groups in total. The van der Waals surface area contributed by atoms with Crippen LogP contribution >= 0.6 is 11.3 Å². The zero-order valence-corrected chi connectivity index (χ0v) is 11.2. The maximum absolute atomic E-state index is 12.2. The average Bonchev–Trinajstić information content (AvgIpc) is 2.85. The molecule has 94 valence electrons. The maximum atomic E-state index is 12.2. The number of hydrogen-bond donors (Lipinski definition) is 1. The van der Waals surface area contributed by atoms with Crippen LogP contribution in [0.25, 0.3) is 10.9 Å². The summed E-state index contributed by atoms with van der Waals surface area (Å²) < 4.78 is 0. The Bertz CT molecular complexity index is 743. The zero-order chi connectivity index (χ0) is 13.2. The third-order valence-corrected chi connectivity index (χ3v) is 3.96.